The van der Waals surface area contributed by atoms with Crippen LogP contribution in [0.5, 0.6) is 11.5 Å². The number of rotatable bonds is 2. The summed E-state index contributed by atoms with van der Waals surface area (Å²) in [5.41, 5.74) is 1.37. The third-order valence-corrected chi connectivity index (χ3v) is 5.98. The van der Waals surface area contributed by atoms with Crippen LogP contribution in [0.25, 0.3) is 0 Å². The number of para-hydroxylation sites is 1. The number of hydrogen-bond acceptors (Lipinski definition) is 4. The zero-order chi connectivity index (χ0) is 19.1. The van der Waals surface area contributed by atoms with Gasteiger partial charge in [-0.1, -0.05) is 12.1 Å². The molecule has 0 aromatic heterocycles. The number of hydrogen-bond donors (Lipinski definition) is 0. The molecule has 5 nitrogen and oxygen atoms in total. The highest BCUT2D eigenvalue weighted by Gasteiger charge is 2.46. The molecule has 2 heterocycles. The Kier molecular flexibility index (Phi) is 4.14. The lowest BCUT2D eigenvalue weighted by molar-refractivity contribution is 0.0746. The second-order valence-electron chi connectivity index (χ2n) is 7.97. The van der Waals surface area contributed by atoms with Crippen molar-refractivity contribution in [1.29, 1.82) is 0 Å². The molecule has 2 aromatic carbocycles. The summed E-state index contributed by atoms with van der Waals surface area (Å²) in [7, 11) is 0. The minimum absolute atomic E-state index is 0.0232. The lowest BCUT2D eigenvalue weighted by Crippen LogP contribution is -2.49. The van der Waals surface area contributed by atoms with Crippen molar-refractivity contribution in [2.45, 2.75) is 12.8 Å². The summed E-state index contributed by atoms with van der Waals surface area (Å²) in [6.07, 6.45) is 2.28. The Hall–Kier alpha value is -2.76. The van der Waals surface area contributed by atoms with Crippen LogP contribution in [0.4, 0.5) is 10.1 Å². The summed E-state index contributed by atoms with van der Waals surface area (Å²) in [5.74, 6) is 1.12. The molecule has 1 aliphatic carbocycles. The summed E-state index contributed by atoms with van der Waals surface area (Å²) in [4.78, 5) is 16.8. The SMILES string of the molecule is O=C(c1ccc2c(c1)OCC1(CC1)CO2)N1CCN(c2ccccc2F)CC1. The van der Waals surface area contributed by atoms with E-state index in [1.54, 1.807) is 24.3 Å². The number of fused-ring (bicyclic) bond motifs is 1. The smallest absolute Gasteiger partial charge is 0.254 e. The number of carbonyl (C=O) groups excluding carboxylic acids is 1. The van der Waals surface area contributed by atoms with Crippen LogP contribution in [0, 0.1) is 11.2 Å². The Balaban J connectivity index is 1.26. The molecule has 0 atom stereocenters. The molecule has 3 aliphatic rings. The van der Waals surface area contributed by atoms with Crippen molar-refractivity contribution in [3.05, 3.63) is 53.8 Å². The van der Waals surface area contributed by atoms with Gasteiger partial charge < -0.3 is 19.3 Å². The fourth-order valence-corrected chi connectivity index (χ4v) is 3.88. The van der Waals surface area contributed by atoms with Gasteiger partial charge in [0.25, 0.3) is 5.91 Å². The Bertz CT molecular complexity index is 904. The molecule has 1 saturated heterocycles. The minimum atomic E-state index is -0.224. The highest BCUT2D eigenvalue weighted by Crippen LogP contribution is 2.49. The molecule has 0 N–H and O–H groups in total. The molecule has 146 valence electrons. The summed E-state index contributed by atoms with van der Waals surface area (Å²) in [6, 6.07) is 12.2. The number of anilines is 1. The van der Waals surface area contributed by atoms with E-state index in [0.29, 0.717) is 62.1 Å². The molecular weight excluding hydrogens is 359 g/mol. The Morgan fingerprint density at radius 1 is 0.929 bits per heavy atom. The highest BCUT2D eigenvalue weighted by molar-refractivity contribution is 5.95. The maximum Gasteiger partial charge on any atom is 0.254 e. The summed E-state index contributed by atoms with van der Waals surface area (Å²) in [6.45, 7) is 3.68. The van der Waals surface area contributed by atoms with Crippen LogP contribution in [0.15, 0.2) is 42.5 Å². The van der Waals surface area contributed by atoms with E-state index in [2.05, 4.69) is 0 Å². The Morgan fingerprint density at radius 2 is 1.64 bits per heavy atom. The zero-order valence-electron chi connectivity index (χ0n) is 15.7. The topological polar surface area (TPSA) is 42.0 Å². The first-order valence-electron chi connectivity index (χ1n) is 9.82. The van der Waals surface area contributed by atoms with E-state index in [1.807, 2.05) is 21.9 Å². The molecule has 1 saturated carbocycles. The van der Waals surface area contributed by atoms with Crippen molar-refractivity contribution >= 4 is 11.6 Å². The van der Waals surface area contributed by atoms with Crippen LogP contribution in [-0.4, -0.2) is 50.2 Å². The van der Waals surface area contributed by atoms with E-state index >= 15 is 0 Å². The number of carbonyl (C=O) groups is 1. The molecule has 1 spiro atoms. The molecule has 2 fully saturated rings. The number of benzene rings is 2. The van der Waals surface area contributed by atoms with Gasteiger partial charge in [-0.2, -0.15) is 0 Å². The van der Waals surface area contributed by atoms with Gasteiger partial charge in [0.05, 0.1) is 18.9 Å². The molecule has 2 aromatic rings. The van der Waals surface area contributed by atoms with Gasteiger partial charge in [-0.3, -0.25) is 4.79 Å². The monoisotopic (exact) mass is 382 g/mol. The van der Waals surface area contributed by atoms with Gasteiger partial charge in [0.2, 0.25) is 0 Å². The van der Waals surface area contributed by atoms with Crippen molar-refractivity contribution in [3.63, 3.8) is 0 Å². The first-order valence-corrected chi connectivity index (χ1v) is 9.82. The molecular formula is C22H23FN2O3. The fourth-order valence-electron chi connectivity index (χ4n) is 3.88. The molecule has 0 unspecified atom stereocenters. The van der Waals surface area contributed by atoms with Crippen molar-refractivity contribution in [2.75, 3.05) is 44.3 Å². The van der Waals surface area contributed by atoms with Gasteiger partial charge >= 0.3 is 0 Å². The van der Waals surface area contributed by atoms with Crippen molar-refractivity contribution in [3.8, 4) is 11.5 Å². The standard InChI is InChI=1S/C22H23FN2O3/c23-17-3-1-2-4-18(17)24-9-11-25(12-10-24)21(26)16-5-6-19-20(13-16)28-15-22(7-8-22)14-27-19/h1-6,13H,7-12,14-15H2. The Morgan fingerprint density at radius 3 is 2.36 bits per heavy atom. The second kappa shape index (κ2) is 6.69. The van der Waals surface area contributed by atoms with Gasteiger partial charge in [0.15, 0.2) is 11.5 Å². The zero-order valence-corrected chi connectivity index (χ0v) is 15.7. The maximum absolute atomic E-state index is 14.0. The van der Waals surface area contributed by atoms with Crippen molar-refractivity contribution < 1.29 is 18.7 Å². The van der Waals surface area contributed by atoms with Gasteiger partial charge in [0, 0.05) is 37.2 Å². The van der Waals surface area contributed by atoms with E-state index in [4.69, 9.17) is 9.47 Å². The molecule has 6 heteroatoms. The number of amides is 1. The molecule has 0 bridgehead atoms. The van der Waals surface area contributed by atoms with E-state index in [-0.39, 0.29) is 17.1 Å². The van der Waals surface area contributed by atoms with E-state index in [9.17, 15) is 9.18 Å². The maximum atomic E-state index is 14.0. The van der Waals surface area contributed by atoms with Crippen LogP contribution in [0.2, 0.25) is 0 Å². The van der Waals surface area contributed by atoms with Gasteiger partial charge in [-0.25, -0.2) is 4.39 Å². The largest absolute Gasteiger partial charge is 0.489 e. The number of halogens is 1. The highest BCUT2D eigenvalue weighted by atomic mass is 19.1. The van der Waals surface area contributed by atoms with E-state index < -0.39 is 0 Å². The van der Waals surface area contributed by atoms with Gasteiger partial charge in [-0.15, -0.1) is 0 Å². The molecule has 2 aliphatic heterocycles. The van der Waals surface area contributed by atoms with Crippen LogP contribution >= 0.6 is 0 Å². The molecule has 1 amide bonds. The van der Waals surface area contributed by atoms with Gasteiger partial charge in [0.1, 0.15) is 5.82 Å². The van der Waals surface area contributed by atoms with Crippen molar-refractivity contribution in [2.24, 2.45) is 5.41 Å². The first-order chi connectivity index (χ1) is 13.6. The minimum Gasteiger partial charge on any atom is -0.489 e. The lowest BCUT2D eigenvalue weighted by Gasteiger charge is -2.36. The number of piperazine rings is 1. The van der Waals surface area contributed by atoms with Gasteiger partial charge in [-0.05, 0) is 43.2 Å². The predicted molar refractivity (Wildman–Crippen MR) is 104 cm³/mol. The normalized spacial score (nSPS) is 20.0. The predicted octanol–water partition coefficient (Wildman–Crippen LogP) is 3.34. The summed E-state index contributed by atoms with van der Waals surface area (Å²) < 4.78 is 25.8. The van der Waals surface area contributed by atoms with E-state index in [1.165, 1.54) is 6.07 Å². The van der Waals surface area contributed by atoms with Crippen molar-refractivity contribution in [1.82, 2.24) is 4.90 Å². The molecule has 5 rings (SSSR count). The van der Waals surface area contributed by atoms with Crippen LogP contribution < -0.4 is 14.4 Å². The first kappa shape index (κ1) is 17.3. The number of ether oxygens (including phenoxy) is 2. The van der Waals surface area contributed by atoms with Crippen LogP contribution in [0.3, 0.4) is 0 Å². The molecule has 0 radical (unpaired) electrons. The van der Waals surface area contributed by atoms with Crippen LogP contribution in [-0.2, 0) is 0 Å². The third-order valence-electron chi connectivity index (χ3n) is 5.98. The fraction of sp³-hybridized carbons (Fsp3) is 0.409. The average Bonchev–Trinajstić information content (AvgIpc) is 3.54. The van der Waals surface area contributed by atoms with E-state index in [0.717, 1.165) is 12.8 Å². The quantitative estimate of drug-likeness (QED) is 0.799. The number of nitrogens with zero attached hydrogens (tertiary/aromatic N) is 2. The summed E-state index contributed by atoms with van der Waals surface area (Å²) >= 11 is 0. The third kappa shape index (κ3) is 3.17. The van der Waals surface area contributed by atoms with Crippen LogP contribution in [0.1, 0.15) is 23.2 Å². The molecule has 28 heavy (non-hydrogen) atoms. The average molecular weight is 382 g/mol. The second-order valence-corrected chi connectivity index (χ2v) is 7.97. The summed E-state index contributed by atoms with van der Waals surface area (Å²) in [5, 5.41) is 0. The lowest BCUT2D eigenvalue weighted by atomic mass is 10.1. The Labute approximate surface area is 163 Å².